The van der Waals surface area contributed by atoms with E-state index in [1.54, 1.807) is 6.92 Å². The predicted molar refractivity (Wildman–Crippen MR) is 96.3 cm³/mol. The summed E-state index contributed by atoms with van der Waals surface area (Å²) in [5.41, 5.74) is 2.56. The Balaban J connectivity index is 1.60. The van der Waals surface area contributed by atoms with Crippen LogP contribution in [0.4, 0.5) is 19.0 Å². The van der Waals surface area contributed by atoms with Crippen molar-refractivity contribution < 1.29 is 18.0 Å². The SMILES string of the molecule is Cc1c(-c2cnc(NC(=O)c3c(F)cncc3F)cn2)cc2c(c1F)CCC2. The van der Waals surface area contributed by atoms with Crippen LogP contribution in [-0.2, 0) is 12.8 Å². The number of hydrogen-bond donors (Lipinski definition) is 1. The molecule has 0 saturated heterocycles. The van der Waals surface area contributed by atoms with Crippen molar-refractivity contribution in [3.8, 4) is 11.3 Å². The number of benzene rings is 1. The summed E-state index contributed by atoms with van der Waals surface area (Å²) < 4.78 is 41.9. The van der Waals surface area contributed by atoms with Gasteiger partial charge in [0.05, 0.1) is 30.5 Å². The first-order chi connectivity index (χ1) is 13.5. The number of nitrogens with one attached hydrogen (secondary N) is 1. The van der Waals surface area contributed by atoms with Crippen molar-refractivity contribution in [2.75, 3.05) is 5.32 Å². The summed E-state index contributed by atoms with van der Waals surface area (Å²) in [5.74, 6) is -3.35. The van der Waals surface area contributed by atoms with E-state index in [9.17, 15) is 18.0 Å². The van der Waals surface area contributed by atoms with E-state index < -0.39 is 23.1 Å². The van der Waals surface area contributed by atoms with E-state index >= 15 is 0 Å². The number of aryl methyl sites for hydroxylation is 1. The summed E-state index contributed by atoms with van der Waals surface area (Å²) in [6.07, 6.45) is 6.63. The highest BCUT2D eigenvalue weighted by Crippen LogP contribution is 2.33. The van der Waals surface area contributed by atoms with Crippen molar-refractivity contribution in [1.29, 1.82) is 0 Å². The lowest BCUT2D eigenvalue weighted by molar-refractivity contribution is 0.101. The van der Waals surface area contributed by atoms with E-state index in [0.717, 1.165) is 42.8 Å². The molecule has 8 heteroatoms. The highest BCUT2D eigenvalue weighted by atomic mass is 19.1. The molecule has 1 amide bonds. The van der Waals surface area contributed by atoms with Gasteiger partial charge < -0.3 is 5.32 Å². The van der Waals surface area contributed by atoms with E-state index in [2.05, 4.69) is 20.3 Å². The molecule has 0 saturated carbocycles. The molecule has 1 N–H and O–H groups in total. The number of carbonyl (C=O) groups is 1. The monoisotopic (exact) mass is 384 g/mol. The molecule has 0 atom stereocenters. The number of amides is 1. The van der Waals surface area contributed by atoms with E-state index in [0.29, 0.717) is 16.8 Å². The Kier molecular flexibility index (Phi) is 4.54. The molecule has 3 aromatic rings. The molecule has 1 aromatic carbocycles. The Hall–Kier alpha value is -3.29. The number of hydrogen-bond acceptors (Lipinski definition) is 4. The molecule has 5 nitrogen and oxygen atoms in total. The van der Waals surface area contributed by atoms with Gasteiger partial charge in [-0.25, -0.2) is 18.2 Å². The van der Waals surface area contributed by atoms with Crippen molar-refractivity contribution in [1.82, 2.24) is 15.0 Å². The van der Waals surface area contributed by atoms with Crippen LogP contribution in [0.1, 0.15) is 33.5 Å². The molecule has 0 unspecified atom stereocenters. The lowest BCUT2D eigenvalue weighted by Gasteiger charge is -2.11. The van der Waals surface area contributed by atoms with Gasteiger partial charge in [-0.3, -0.25) is 14.8 Å². The zero-order chi connectivity index (χ0) is 19.8. The first-order valence-corrected chi connectivity index (χ1v) is 8.69. The minimum absolute atomic E-state index is 0.0173. The molecule has 28 heavy (non-hydrogen) atoms. The molecular weight excluding hydrogens is 369 g/mol. The normalized spacial score (nSPS) is 12.7. The van der Waals surface area contributed by atoms with Crippen molar-refractivity contribution in [2.45, 2.75) is 26.2 Å². The smallest absolute Gasteiger partial charge is 0.262 e. The van der Waals surface area contributed by atoms with Crippen LogP contribution < -0.4 is 5.32 Å². The Bertz CT molecular complexity index is 1060. The van der Waals surface area contributed by atoms with Gasteiger partial charge >= 0.3 is 0 Å². The van der Waals surface area contributed by atoms with Crippen molar-refractivity contribution in [3.05, 3.63) is 70.6 Å². The van der Waals surface area contributed by atoms with E-state index in [1.807, 2.05) is 6.07 Å². The fourth-order valence-electron chi connectivity index (χ4n) is 3.41. The minimum Gasteiger partial charge on any atom is -0.305 e. The summed E-state index contributed by atoms with van der Waals surface area (Å²) >= 11 is 0. The van der Waals surface area contributed by atoms with E-state index in [1.165, 1.54) is 12.4 Å². The molecule has 0 radical (unpaired) electrons. The third-order valence-corrected chi connectivity index (χ3v) is 4.83. The Labute approximate surface area is 158 Å². The molecule has 1 aliphatic rings. The maximum atomic E-state index is 14.6. The highest BCUT2D eigenvalue weighted by molar-refractivity contribution is 6.04. The third kappa shape index (κ3) is 3.11. The Morgan fingerprint density at radius 3 is 2.46 bits per heavy atom. The maximum Gasteiger partial charge on any atom is 0.262 e. The van der Waals surface area contributed by atoms with Gasteiger partial charge in [0.1, 0.15) is 11.4 Å². The van der Waals surface area contributed by atoms with E-state index in [4.69, 9.17) is 0 Å². The predicted octanol–water partition coefficient (Wildman–Crippen LogP) is 4.01. The molecule has 1 aliphatic carbocycles. The average Bonchev–Trinajstić information content (AvgIpc) is 3.14. The largest absolute Gasteiger partial charge is 0.305 e. The van der Waals surface area contributed by atoms with Gasteiger partial charge in [0, 0.05) is 5.56 Å². The number of rotatable bonds is 3. The van der Waals surface area contributed by atoms with Crippen LogP contribution in [0.2, 0.25) is 0 Å². The summed E-state index contributed by atoms with van der Waals surface area (Å²) in [5, 5.41) is 2.29. The topological polar surface area (TPSA) is 67.8 Å². The number of carbonyl (C=O) groups excluding carboxylic acids is 1. The lowest BCUT2D eigenvalue weighted by Crippen LogP contribution is -2.17. The standard InChI is InChI=1S/C20H15F3N4O/c1-10-13(5-11-3-2-4-12(11)19(10)23)16-8-26-17(9-25-16)27-20(28)18-14(21)6-24-7-15(18)22/h5-9H,2-4H2,1H3,(H,26,27,28). The third-order valence-electron chi connectivity index (χ3n) is 4.83. The Morgan fingerprint density at radius 2 is 1.79 bits per heavy atom. The zero-order valence-electron chi connectivity index (χ0n) is 14.9. The van der Waals surface area contributed by atoms with Gasteiger partial charge in [0.2, 0.25) is 0 Å². The lowest BCUT2D eigenvalue weighted by atomic mass is 9.98. The number of anilines is 1. The van der Waals surface area contributed by atoms with Gasteiger partial charge in [0.25, 0.3) is 5.91 Å². The van der Waals surface area contributed by atoms with Crippen LogP contribution in [0.25, 0.3) is 11.3 Å². The van der Waals surface area contributed by atoms with E-state index in [-0.39, 0.29) is 11.6 Å². The molecule has 142 valence electrons. The van der Waals surface area contributed by atoms with Crippen LogP contribution in [-0.4, -0.2) is 20.9 Å². The number of aromatic nitrogens is 3. The van der Waals surface area contributed by atoms with Crippen LogP contribution >= 0.6 is 0 Å². The van der Waals surface area contributed by atoms with Crippen LogP contribution in [0.15, 0.2) is 30.9 Å². The first kappa shape index (κ1) is 18.1. The van der Waals surface area contributed by atoms with Gasteiger partial charge in [-0.15, -0.1) is 0 Å². The second kappa shape index (κ2) is 7.03. The molecule has 0 aliphatic heterocycles. The van der Waals surface area contributed by atoms with Crippen molar-refractivity contribution in [2.24, 2.45) is 0 Å². The summed E-state index contributed by atoms with van der Waals surface area (Å²) in [6.45, 7) is 1.69. The number of nitrogens with zero attached hydrogens (tertiary/aromatic N) is 3. The molecule has 0 spiro atoms. The molecular formula is C20H15F3N4O. The zero-order valence-corrected chi connectivity index (χ0v) is 14.9. The molecule has 2 aromatic heterocycles. The first-order valence-electron chi connectivity index (χ1n) is 8.69. The van der Waals surface area contributed by atoms with Gasteiger partial charge in [-0.1, -0.05) is 0 Å². The van der Waals surface area contributed by atoms with Gasteiger partial charge in [0.15, 0.2) is 17.5 Å². The van der Waals surface area contributed by atoms with Crippen LogP contribution in [0.5, 0.6) is 0 Å². The molecule has 0 bridgehead atoms. The van der Waals surface area contributed by atoms with Gasteiger partial charge in [-0.2, -0.15) is 0 Å². The molecule has 4 rings (SSSR count). The highest BCUT2D eigenvalue weighted by Gasteiger charge is 2.21. The fraction of sp³-hybridized carbons (Fsp3) is 0.200. The fourth-order valence-corrected chi connectivity index (χ4v) is 3.41. The second-order valence-electron chi connectivity index (χ2n) is 6.57. The minimum atomic E-state index is -1.08. The number of halogens is 3. The average molecular weight is 384 g/mol. The van der Waals surface area contributed by atoms with Crippen LogP contribution in [0, 0.1) is 24.4 Å². The molecule has 0 fully saturated rings. The number of pyridine rings is 1. The summed E-state index contributed by atoms with van der Waals surface area (Å²) in [7, 11) is 0. The van der Waals surface area contributed by atoms with Crippen LogP contribution in [0.3, 0.4) is 0 Å². The summed E-state index contributed by atoms with van der Waals surface area (Å²) in [4.78, 5) is 23.7. The number of fused-ring (bicyclic) bond motifs is 1. The summed E-state index contributed by atoms with van der Waals surface area (Å²) in [6, 6.07) is 1.92. The van der Waals surface area contributed by atoms with Gasteiger partial charge in [-0.05, 0) is 48.9 Å². The second-order valence-corrected chi connectivity index (χ2v) is 6.57. The maximum absolute atomic E-state index is 14.6. The van der Waals surface area contributed by atoms with Crippen molar-refractivity contribution in [3.63, 3.8) is 0 Å². The Morgan fingerprint density at radius 1 is 1.04 bits per heavy atom. The molecule has 2 heterocycles. The quantitative estimate of drug-likeness (QED) is 0.741. The van der Waals surface area contributed by atoms with Crippen molar-refractivity contribution >= 4 is 11.7 Å².